The lowest BCUT2D eigenvalue weighted by Gasteiger charge is -2.25. The molecule has 2 rings (SSSR count). The van der Waals surface area contributed by atoms with Gasteiger partial charge < -0.3 is 19.5 Å². The fourth-order valence-corrected chi connectivity index (χ4v) is 2.94. The van der Waals surface area contributed by atoms with Gasteiger partial charge in [-0.2, -0.15) is 0 Å². The van der Waals surface area contributed by atoms with E-state index in [1.807, 2.05) is 12.1 Å². The zero-order valence-electron chi connectivity index (χ0n) is 12.7. The van der Waals surface area contributed by atoms with Crippen LogP contribution in [0, 0.1) is 5.92 Å². The summed E-state index contributed by atoms with van der Waals surface area (Å²) in [5, 5.41) is 3.41. The molecule has 0 amide bonds. The third-order valence-electron chi connectivity index (χ3n) is 3.97. The second-order valence-corrected chi connectivity index (χ2v) is 5.27. The monoisotopic (exact) mass is 279 g/mol. The minimum Gasteiger partial charge on any atom is -0.496 e. The van der Waals surface area contributed by atoms with Gasteiger partial charge in [0.15, 0.2) is 0 Å². The second-order valence-electron chi connectivity index (χ2n) is 5.27. The Morgan fingerprint density at radius 3 is 2.45 bits per heavy atom. The fraction of sp³-hybridized carbons (Fsp3) is 0.625. The molecule has 1 heterocycles. The summed E-state index contributed by atoms with van der Waals surface area (Å²) in [5.74, 6) is 2.53. The number of ether oxygens (including phenoxy) is 3. The first-order chi connectivity index (χ1) is 9.80. The standard InChI is InChI=1S/C16H25NO3/c1-18-11-13-4-5-15(19-2)14(16(13)20-3)10-12-6-8-17-9-7-12/h4-5,12,17H,6-11H2,1-3H3. The molecule has 112 valence electrons. The lowest BCUT2D eigenvalue weighted by molar-refractivity contribution is 0.181. The van der Waals surface area contributed by atoms with Crippen molar-refractivity contribution in [1.82, 2.24) is 5.32 Å². The molecule has 0 unspecified atom stereocenters. The van der Waals surface area contributed by atoms with Gasteiger partial charge in [-0.25, -0.2) is 0 Å². The summed E-state index contributed by atoms with van der Waals surface area (Å²) in [4.78, 5) is 0. The maximum Gasteiger partial charge on any atom is 0.131 e. The van der Waals surface area contributed by atoms with E-state index in [9.17, 15) is 0 Å². The first kappa shape index (κ1) is 15.1. The molecule has 1 aromatic carbocycles. The summed E-state index contributed by atoms with van der Waals surface area (Å²) >= 11 is 0. The average molecular weight is 279 g/mol. The van der Waals surface area contributed by atoms with Gasteiger partial charge in [0, 0.05) is 18.2 Å². The van der Waals surface area contributed by atoms with Crippen molar-refractivity contribution in [2.75, 3.05) is 34.4 Å². The topological polar surface area (TPSA) is 39.7 Å². The van der Waals surface area contributed by atoms with Crippen molar-refractivity contribution < 1.29 is 14.2 Å². The molecule has 20 heavy (non-hydrogen) atoms. The van der Waals surface area contributed by atoms with Crippen molar-refractivity contribution in [1.29, 1.82) is 0 Å². The number of benzene rings is 1. The van der Waals surface area contributed by atoms with Crippen LogP contribution in [-0.4, -0.2) is 34.4 Å². The molecule has 1 aliphatic rings. The molecule has 1 saturated heterocycles. The molecule has 0 saturated carbocycles. The molecular formula is C16H25NO3. The zero-order valence-corrected chi connectivity index (χ0v) is 12.7. The molecule has 0 bridgehead atoms. The van der Waals surface area contributed by atoms with Crippen molar-refractivity contribution in [2.45, 2.75) is 25.9 Å². The predicted octanol–water partition coefficient (Wildman–Crippen LogP) is 2.39. The molecule has 0 atom stereocenters. The van der Waals surface area contributed by atoms with Crippen LogP contribution in [0.2, 0.25) is 0 Å². The number of rotatable bonds is 6. The lowest BCUT2D eigenvalue weighted by Crippen LogP contribution is -2.28. The number of piperidine rings is 1. The average Bonchev–Trinajstić information content (AvgIpc) is 2.49. The van der Waals surface area contributed by atoms with E-state index < -0.39 is 0 Å². The Hall–Kier alpha value is -1.26. The maximum atomic E-state index is 5.64. The molecule has 0 radical (unpaired) electrons. The Morgan fingerprint density at radius 2 is 1.85 bits per heavy atom. The van der Waals surface area contributed by atoms with E-state index in [2.05, 4.69) is 5.32 Å². The van der Waals surface area contributed by atoms with E-state index in [4.69, 9.17) is 14.2 Å². The minimum absolute atomic E-state index is 0.562. The van der Waals surface area contributed by atoms with E-state index in [0.29, 0.717) is 12.5 Å². The van der Waals surface area contributed by atoms with Gasteiger partial charge in [-0.05, 0) is 50.4 Å². The van der Waals surface area contributed by atoms with E-state index in [0.717, 1.165) is 36.6 Å². The second kappa shape index (κ2) is 7.50. The highest BCUT2D eigenvalue weighted by Gasteiger charge is 2.20. The number of hydrogen-bond donors (Lipinski definition) is 1. The number of methoxy groups -OCH3 is 3. The Balaban J connectivity index is 2.28. The summed E-state index contributed by atoms with van der Waals surface area (Å²) < 4.78 is 16.4. The highest BCUT2D eigenvalue weighted by atomic mass is 16.5. The van der Waals surface area contributed by atoms with Gasteiger partial charge in [0.25, 0.3) is 0 Å². The van der Waals surface area contributed by atoms with Gasteiger partial charge in [0.1, 0.15) is 11.5 Å². The molecule has 0 aromatic heterocycles. The summed E-state index contributed by atoms with van der Waals surface area (Å²) in [6.07, 6.45) is 3.42. The Labute approximate surface area is 121 Å². The van der Waals surface area contributed by atoms with Crippen molar-refractivity contribution in [2.24, 2.45) is 5.92 Å². The molecular weight excluding hydrogens is 254 g/mol. The highest BCUT2D eigenvalue weighted by Crippen LogP contribution is 2.36. The Morgan fingerprint density at radius 1 is 1.10 bits per heavy atom. The summed E-state index contributed by atoms with van der Waals surface area (Å²) in [6.45, 7) is 2.77. The molecule has 1 N–H and O–H groups in total. The molecule has 0 aliphatic carbocycles. The Bertz CT molecular complexity index is 428. The van der Waals surface area contributed by atoms with Gasteiger partial charge in [-0.3, -0.25) is 0 Å². The van der Waals surface area contributed by atoms with Gasteiger partial charge in [0.2, 0.25) is 0 Å². The normalized spacial score (nSPS) is 16.1. The first-order valence-corrected chi connectivity index (χ1v) is 7.22. The summed E-state index contributed by atoms with van der Waals surface area (Å²) in [6, 6.07) is 4.04. The van der Waals surface area contributed by atoms with Gasteiger partial charge >= 0.3 is 0 Å². The fourth-order valence-electron chi connectivity index (χ4n) is 2.94. The first-order valence-electron chi connectivity index (χ1n) is 7.22. The molecule has 4 heteroatoms. The summed E-state index contributed by atoms with van der Waals surface area (Å²) in [7, 11) is 5.15. The van der Waals surface area contributed by atoms with Crippen LogP contribution in [0.4, 0.5) is 0 Å². The van der Waals surface area contributed by atoms with Crippen LogP contribution < -0.4 is 14.8 Å². The Kier molecular flexibility index (Phi) is 5.68. The predicted molar refractivity (Wildman–Crippen MR) is 79.6 cm³/mol. The van der Waals surface area contributed by atoms with E-state index in [1.54, 1.807) is 21.3 Å². The van der Waals surface area contributed by atoms with Crippen LogP contribution in [0.1, 0.15) is 24.0 Å². The van der Waals surface area contributed by atoms with Crippen LogP contribution in [0.25, 0.3) is 0 Å². The van der Waals surface area contributed by atoms with Crippen molar-refractivity contribution in [3.8, 4) is 11.5 Å². The summed E-state index contributed by atoms with van der Waals surface area (Å²) in [5.41, 5.74) is 2.26. The molecule has 1 fully saturated rings. The van der Waals surface area contributed by atoms with Crippen LogP contribution in [0.3, 0.4) is 0 Å². The maximum absolute atomic E-state index is 5.64. The van der Waals surface area contributed by atoms with E-state index in [-0.39, 0.29) is 0 Å². The SMILES string of the molecule is COCc1ccc(OC)c(CC2CCNCC2)c1OC. The van der Waals surface area contributed by atoms with Crippen LogP contribution in [0.5, 0.6) is 11.5 Å². The highest BCUT2D eigenvalue weighted by molar-refractivity contribution is 5.50. The molecule has 0 spiro atoms. The number of nitrogens with one attached hydrogen (secondary N) is 1. The third kappa shape index (κ3) is 3.44. The molecule has 1 aliphatic heterocycles. The van der Waals surface area contributed by atoms with Crippen LogP contribution in [0.15, 0.2) is 12.1 Å². The van der Waals surface area contributed by atoms with E-state index in [1.165, 1.54) is 18.4 Å². The van der Waals surface area contributed by atoms with Gasteiger partial charge in [0.05, 0.1) is 20.8 Å². The van der Waals surface area contributed by atoms with Crippen LogP contribution in [-0.2, 0) is 17.8 Å². The quantitative estimate of drug-likeness (QED) is 0.868. The van der Waals surface area contributed by atoms with Gasteiger partial charge in [-0.15, -0.1) is 0 Å². The van der Waals surface area contributed by atoms with Crippen molar-refractivity contribution >= 4 is 0 Å². The van der Waals surface area contributed by atoms with E-state index >= 15 is 0 Å². The van der Waals surface area contributed by atoms with Crippen molar-refractivity contribution in [3.63, 3.8) is 0 Å². The van der Waals surface area contributed by atoms with Gasteiger partial charge in [-0.1, -0.05) is 0 Å². The largest absolute Gasteiger partial charge is 0.496 e. The van der Waals surface area contributed by atoms with Crippen molar-refractivity contribution in [3.05, 3.63) is 23.3 Å². The minimum atomic E-state index is 0.562. The third-order valence-corrected chi connectivity index (χ3v) is 3.97. The zero-order chi connectivity index (χ0) is 14.4. The number of hydrogen-bond acceptors (Lipinski definition) is 4. The lowest BCUT2D eigenvalue weighted by atomic mass is 9.89. The van der Waals surface area contributed by atoms with Crippen LogP contribution >= 0.6 is 0 Å². The molecule has 1 aromatic rings. The molecule has 4 nitrogen and oxygen atoms in total. The smallest absolute Gasteiger partial charge is 0.131 e.